The molecule has 2 aliphatic rings. The van der Waals surface area contributed by atoms with Crippen LogP contribution in [0.4, 0.5) is 5.69 Å². The van der Waals surface area contributed by atoms with Crippen LogP contribution in [0.3, 0.4) is 0 Å². The molecule has 2 aliphatic heterocycles. The van der Waals surface area contributed by atoms with Crippen molar-refractivity contribution in [3.63, 3.8) is 0 Å². The molecular formula is C20H23N3O4. The summed E-state index contributed by atoms with van der Waals surface area (Å²) in [6.07, 6.45) is 3.33. The van der Waals surface area contributed by atoms with E-state index in [0.29, 0.717) is 18.2 Å². The molecule has 0 spiro atoms. The van der Waals surface area contributed by atoms with E-state index in [4.69, 9.17) is 10.2 Å². The lowest BCUT2D eigenvalue weighted by atomic mass is 10.1. The second-order valence-electron chi connectivity index (χ2n) is 6.67. The van der Waals surface area contributed by atoms with Gasteiger partial charge in [0.25, 0.3) is 0 Å². The van der Waals surface area contributed by atoms with Gasteiger partial charge in [0.15, 0.2) is 0 Å². The van der Waals surface area contributed by atoms with Gasteiger partial charge in [0.1, 0.15) is 0 Å². The van der Waals surface area contributed by atoms with Gasteiger partial charge in [0.2, 0.25) is 0 Å². The Kier molecular flexibility index (Phi) is 5.61. The summed E-state index contributed by atoms with van der Waals surface area (Å²) in [7, 11) is 2.22. The van der Waals surface area contributed by atoms with E-state index in [1.165, 1.54) is 16.9 Å². The number of nitrogens with zero attached hydrogens (tertiary/aromatic N) is 3. The van der Waals surface area contributed by atoms with E-state index in [1.807, 2.05) is 0 Å². The third kappa shape index (κ3) is 4.38. The van der Waals surface area contributed by atoms with Crippen molar-refractivity contribution in [3.8, 4) is 0 Å². The molecule has 0 amide bonds. The molecule has 1 aromatic carbocycles. The summed E-state index contributed by atoms with van der Waals surface area (Å²) in [4.78, 5) is 24.1. The van der Waals surface area contributed by atoms with Gasteiger partial charge in [0.05, 0.1) is 6.04 Å². The summed E-state index contributed by atoms with van der Waals surface area (Å²) in [6.45, 7) is 4.36. The van der Waals surface area contributed by atoms with Crippen molar-refractivity contribution < 1.29 is 19.8 Å². The molecule has 0 unspecified atom stereocenters. The van der Waals surface area contributed by atoms with Crippen molar-refractivity contribution in [2.45, 2.75) is 12.6 Å². The van der Waals surface area contributed by atoms with Crippen molar-refractivity contribution in [1.82, 2.24) is 9.47 Å². The van der Waals surface area contributed by atoms with E-state index in [2.05, 4.69) is 64.0 Å². The molecular weight excluding hydrogens is 346 g/mol. The molecule has 3 heterocycles. The molecule has 0 saturated carbocycles. The maximum absolute atomic E-state index is 9.55. The smallest absolute Gasteiger partial charge is 0.328 e. The number of carbonyl (C=O) groups is 2. The van der Waals surface area contributed by atoms with Gasteiger partial charge in [-0.15, -0.1) is 0 Å². The van der Waals surface area contributed by atoms with Crippen LogP contribution in [-0.2, 0) is 16.1 Å². The SMILES string of the molecule is CN1CCN2c3ccccc3Cn3cccc3[C@@H]2C1.O=C(O)/C=C\C(=O)O. The summed E-state index contributed by atoms with van der Waals surface area (Å²) in [5, 5.41) is 15.6. The number of fused-ring (bicyclic) bond motifs is 5. The third-order valence-electron chi connectivity index (χ3n) is 4.80. The van der Waals surface area contributed by atoms with Gasteiger partial charge < -0.3 is 24.6 Å². The summed E-state index contributed by atoms with van der Waals surface area (Å²) in [5.74, 6) is -2.51. The zero-order chi connectivity index (χ0) is 19.4. The number of likely N-dealkylation sites (N-methyl/N-ethyl adjacent to an activating group) is 1. The van der Waals surface area contributed by atoms with Crippen LogP contribution < -0.4 is 4.90 Å². The fraction of sp³-hybridized carbons (Fsp3) is 0.300. The highest BCUT2D eigenvalue weighted by molar-refractivity contribution is 5.89. The number of benzene rings is 1. The highest BCUT2D eigenvalue weighted by atomic mass is 16.4. The van der Waals surface area contributed by atoms with Gasteiger partial charge in [-0.1, -0.05) is 18.2 Å². The number of aliphatic carboxylic acids is 2. The lowest BCUT2D eigenvalue weighted by Gasteiger charge is -2.41. The minimum atomic E-state index is -1.26. The number of aromatic nitrogens is 1. The van der Waals surface area contributed by atoms with Crippen LogP contribution in [0.2, 0.25) is 0 Å². The Bertz CT molecular complexity index is 842. The Morgan fingerprint density at radius 3 is 2.44 bits per heavy atom. The average Bonchev–Trinajstić information content (AvgIpc) is 3.04. The first-order chi connectivity index (χ1) is 13.0. The van der Waals surface area contributed by atoms with E-state index in [1.54, 1.807) is 0 Å². The second kappa shape index (κ2) is 8.09. The van der Waals surface area contributed by atoms with E-state index < -0.39 is 11.9 Å². The minimum Gasteiger partial charge on any atom is -0.478 e. The molecule has 7 nitrogen and oxygen atoms in total. The standard InChI is InChI=1S/C16H19N3.C4H4O4/c1-17-9-10-19-14-6-3-2-5-13(14)11-18-8-4-7-15(18)16(19)12-17;5-3(6)1-2-4(7)8/h2-8,16H,9-12H2,1H3;1-2H,(H,5,6)(H,7,8)/b;2-1-/t16-;/m0./s1. The summed E-state index contributed by atoms with van der Waals surface area (Å²) >= 11 is 0. The monoisotopic (exact) mass is 369 g/mol. The number of para-hydroxylation sites is 1. The lowest BCUT2D eigenvalue weighted by molar-refractivity contribution is -0.134. The summed E-state index contributed by atoms with van der Waals surface area (Å²) < 4.78 is 2.41. The van der Waals surface area contributed by atoms with Crippen molar-refractivity contribution in [2.75, 3.05) is 31.6 Å². The van der Waals surface area contributed by atoms with E-state index in [-0.39, 0.29) is 0 Å². The molecule has 1 atom stereocenters. The number of hydrogen-bond acceptors (Lipinski definition) is 4. The first kappa shape index (κ1) is 18.7. The highest BCUT2D eigenvalue weighted by Gasteiger charge is 2.31. The van der Waals surface area contributed by atoms with Gasteiger partial charge in [0, 0.05) is 55.9 Å². The molecule has 0 aliphatic carbocycles. The second-order valence-corrected chi connectivity index (χ2v) is 6.67. The maximum atomic E-state index is 9.55. The van der Waals surface area contributed by atoms with Crippen LogP contribution in [0.25, 0.3) is 0 Å². The largest absolute Gasteiger partial charge is 0.478 e. The van der Waals surface area contributed by atoms with Crippen LogP contribution in [0.1, 0.15) is 17.3 Å². The quantitative estimate of drug-likeness (QED) is 0.788. The summed E-state index contributed by atoms with van der Waals surface area (Å²) in [6, 6.07) is 13.8. The van der Waals surface area contributed by atoms with E-state index in [0.717, 1.165) is 26.2 Å². The zero-order valence-electron chi connectivity index (χ0n) is 15.2. The zero-order valence-corrected chi connectivity index (χ0v) is 15.2. The topological polar surface area (TPSA) is 86.0 Å². The predicted molar refractivity (Wildman–Crippen MR) is 102 cm³/mol. The molecule has 1 fully saturated rings. The number of carboxylic acid groups (broad SMARTS) is 2. The van der Waals surface area contributed by atoms with Crippen molar-refractivity contribution >= 4 is 17.6 Å². The molecule has 0 bridgehead atoms. The van der Waals surface area contributed by atoms with Gasteiger partial charge in [-0.25, -0.2) is 9.59 Å². The molecule has 1 aromatic heterocycles. The number of anilines is 1. The fourth-order valence-electron chi connectivity index (χ4n) is 3.59. The Hall–Kier alpha value is -3.06. The van der Waals surface area contributed by atoms with Crippen LogP contribution in [-0.4, -0.2) is 58.3 Å². The first-order valence-corrected chi connectivity index (χ1v) is 8.78. The predicted octanol–water partition coefficient (Wildman–Crippen LogP) is 2.05. The number of piperazine rings is 1. The molecule has 142 valence electrons. The Balaban J connectivity index is 0.000000226. The van der Waals surface area contributed by atoms with Gasteiger partial charge in [-0.3, -0.25) is 0 Å². The van der Waals surface area contributed by atoms with E-state index >= 15 is 0 Å². The Morgan fingerprint density at radius 2 is 1.74 bits per heavy atom. The van der Waals surface area contributed by atoms with E-state index in [9.17, 15) is 9.59 Å². The molecule has 2 aromatic rings. The van der Waals surface area contributed by atoms with Gasteiger partial charge in [-0.05, 0) is 30.8 Å². The molecule has 4 rings (SSSR count). The lowest BCUT2D eigenvalue weighted by Crippen LogP contribution is -2.47. The Labute approximate surface area is 157 Å². The van der Waals surface area contributed by atoms with Crippen molar-refractivity contribution in [3.05, 3.63) is 66.0 Å². The first-order valence-electron chi connectivity index (χ1n) is 8.78. The molecule has 2 N–H and O–H groups in total. The molecule has 1 saturated heterocycles. The molecule has 0 radical (unpaired) electrons. The van der Waals surface area contributed by atoms with Gasteiger partial charge in [-0.2, -0.15) is 0 Å². The number of hydrogen-bond donors (Lipinski definition) is 2. The highest BCUT2D eigenvalue weighted by Crippen LogP contribution is 2.36. The number of carboxylic acids is 2. The number of rotatable bonds is 2. The summed E-state index contributed by atoms with van der Waals surface area (Å²) in [5.41, 5.74) is 4.30. The minimum absolute atomic E-state index is 0.484. The van der Waals surface area contributed by atoms with Crippen LogP contribution >= 0.6 is 0 Å². The maximum Gasteiger partial charge on any atom is 0.328 e. The van der Waals surface area contributed by atoms with Crippen molar-refractivity contribution in [1.29, 1.82) is 0 Å². The van der Waals surface area contributed by atoms with Crippen LogP contribution in [0, 0.1) is 0 Å². The van der Waals surface area contributed by atoms with Crippen molar-refractivity contribution in [2.24, 2.45) is 0 Å². The van der Waals surface area contributed by atoms with Crippen LogP contribution in [0.15, 0.2) is 54.7 Å². The molecule has 27 heavy (non-hydrogen) atoms. The average molecular weight is 369 g/mol. The Morgan fingerprint density at radius 1 is 1.04 bits per heavy atom. The molecule has 7 heteroatoms. The fourth-order valence-corrected chi connectivity index (χ4v) is 3.59. The normalized spacial score (nSPS) is 18.6. The van der Waals surface area contributed by atoms with Crippen LogP contribution in [0.5, 0.6) is 0 Å². The van der Waals surface area contributed by atoms with Gasteiger partial charge >= 0.3 is 11.9 Å². The third-order valence-corrected chi connectivity index (χ3v) is 4.80.